The molecule has 1 N–H and O–H groups in total. The summed E-state index contributed by atoms with van der Waals surface area (Å²) in [7, 11) is 0. The molecule has 0 bridgehead atoms. The van der Waals surface area contributed by atoms with E-state index in [1.807, 2.05) is 6.20 Å². The highest BCUT2D eigenvalue weighted by atomic mass is 15.1. The van der Waals surface area contributed by atoms with E-state index in [0.29, 0.717) is 0 Å². The standard InChI is InChI=1S/C13H17N3/c1-2-6-16(7-3-1)10-11-4-5-12-9-14-15-13(12)8-11/h4-5,8-9H,1-3,6-7,10H2,(H,14,15). The fourth-order valence-electron chi connectivity index (χ4n) is 2.46. The summed E-state index contributed by atoms with van der Waals surface area (Å²) in [6, 6.07) is 6.58. The topological polar surface area (TPSA) is 31.9 Å². The van der Waals surface area contributed by atoms with Gasteiger partial charge in [0.05, 0.1) is 11.7 Å². The van der Waals surface area contributed by atoms with E-state index in [2.05, 4.69) is 33.3 Å². The van der Waals surface area contributed by atoms with Crippen LogP contribution in [0.4, 0.5) is 0 Å². The lowest BCUT2D eigenvalue weighted by Crippen LogP contribution is -2.29. The maximum atomic E-state index is 4.05. The molecule has 2 aromatic rings. The van der Waals surface area contributed by atoms with E-state index in [1.165, 1.54) is 43.3 Å². The molecule has 0 saturated carbocycles. The van der Waals surface area contributed by atoms with Gasteiger partial charge in [-0.05, 0) is 37.6 Å². The van der Waals surface area contributed by atoms with Crippen LogP contribution in [0.2, 0.25) is 0 Å². The van der Waals surface area contributed by atoms with Crippen LogP contribution < -0.4 is 0 Å². The van der Waals surface area contributed by atoms with E-state index >= 15 is 0 Å². The van der Waals surface area contributed by atoms with Gasteiger partial charge in [-0.15, -0.1) is 0 Å². The minimum absolute atomic E-state index is 1.08. The number of H-pyrrole nitrogens is 1. The van der Waals surface area contributed by atoms with E-state index in [4.69, 9.17) is 0 Å². The van der Waals surface area contributed by atoms with Crippen LogP contribution in [0.25, 0.3) is 10.9 Å². The van der Waals surface area contributed by atoms with Gasteiger partial charge in [-0.1, -0.05) is 18.6 Å². The summed E-state index contributed by atoms with van der Waals surface area (Å²) in [4.78, 5) is 2.54. The van der Waals surface area contributed by atoms with Crippen LogP contribution in [0.5, 0.6) is 0 Å². The van der Waals surface area contributed by atoms with E-state index < -0.39 is 0 Å². The largest absolute Gasteiger partial charge is 0.299 e. The highest BCUT2D eigenvalue weighted by Gasteiger charge is 2.10. The van der Waals surface area contributed by atoms with Gasteiger partial charge in [0.2, 0.25) is 0 Å². The molecule has 1 aromatic carbocycles. The predicted molar refractivity (Wildman–Crippen MR) is 65.2 cm³/mol. The van der Waals surface area contributed by atoms with E-state index in [0.717, 1.165) is 12.1 Å². The summed E-state index contributed by atoms with van der Waals surface area (Å²) < 4.78 is 0. The van der Waals surface area contributed by atoms with Gasteiger partial charge in [0.1, 0.15) is 0 Å². The molecule has 1 aliphatic heterocycles. The second-order valence-corrected chi connectivity index (χ2v) is 4.63. The quantitative estimate of drug-likeness (QED) is 0.835. The number of benzene rings is 1. The summed E-state index contributed by atoms with van der Waals surface area (Å²) in [5, 5.41) is 8.28. The van der Waals surface area contributed by atoms with Gasteiger partial charge in [-0.3, -0.25) is 10.00 Å². The van der Waals surface area contributed by atoms with Crippen molar-refractivity contribution >= 4 is 10.9 Å². The normalized spacial score (nSPS) is 18.0. The fourth-order valence-corrected chi connectivity index (χ4v) is 2.46. The van der Waals surface area contributed by atoms with Gasteiger partial charge in [0, 0.05) is 11.9 Å². The smallest absolute Gasteiger partial charge is 0.0653 e. The summed E-state index contributed by atoms with van der Waals surface area (Å²) in [5.74, 6) is 0. The first-order chi connectivity index (χ1) is 7.92. The van der Waals surface area contributed by atoms with Crippen LogP contribution in [-0.2, 0) is 6.54 Å². The Balaban J connectivity index is 1.77. The van der Waals surface area contributed by atoms with Crippen LogP contribution in [0.15, 0.2) is 24.4 Å². The molecule has 0 amide bonds. The maximum absolute atomic E-state index is 4.05. The van der Waals surface area contributed by atoms with E-state index in [-0.39, 0.29) is 0 Å². The Bertz CT molecular complexity index is 469. The number of hydrogen-bond donors (Lipinski definition) is 1. The zero-order valence-corrected chi connectivity index (χ0v) is 9.45. The zero-order chi connectivity index (χ0) is 10.8. The molecule has 1 aromatic heterocycles. The average Bonchev–Trinajstić information content (AvgIpc) is 2.77. The van der Waals surface area contributed by atoms with E-state index in [1.54, 1.807) is 0 Å². The van der Waals surface area contributed by atoms with Crippen LogP contribution in [0, 0.1) is 0 Å². The van der Waals surface area contributed by atoms with Crippen LogP contribution in [0.1, 0.15) is 24.8 Å². The number of rotatable bonds is 2. The van der Waals surface area contributed by atoms with Crippen molar-refractivity contribution in [2.75, 3.05) is 13.1 Å². The van der Waals surface area contributed by atoms with Crippen molar-refractivity contribution in [3.05, 3.63) is 30.0 Å². The number of likely N-dealkylation sites (tertiary alicyclic amines) is 1. The molecule has 16 heavy (non-hydrogen) atoms. The van der Waals surface area contributed by atoms with Crippen molar-refractivity contribution in [2.24, 2.45) is 0 Å². The van der Waals surface area contributed by atoms with Gasteiger partial charge in [-0.2, -0.15) is 5.10 Å². The molecule has 3 rings (SSSR count). The minimum Gasteiger partial charge on any atom is -0.299 e. The van der Waals surface area contributed by atoms with Gasteiger partial charge in [0.15, 0.2) is 0 Å². The molecule has 2 heterocycles. The summed E-state index contributed by atoms with van der Waals surface area (Å²) >= 11 is 0. The number of piperidine rings is 1. The lowest BCUT2D eigenvalue weighted by Gasteiger charge is -2.26. The highest BCUT2D eigenvalue weighted by Crippen LogP contribution is 2.16. The molecule has 1 fully saturated rings. The molecule has 0 radical (unpaired) electrons. The van der Waals surface area contributed by atoms with Crippen molar-refractivity contribution in [2.45, 2.75) is 25.8 Å². The number of hydrogen-bond acceptors (Lipinski definition) is 2. The molecule has 1 saturated heterocycles. The molecular weight excluding hydrogens is 198 g/mol. The number of fused-ring (bicyclic) bond motifs is 1. The number of nitrogens with one attached hydrogen (secondary N) is 1. The van der Waals surface area contributed by atoms with Crippen LogP contribution in [-0.4, -0.2) is 28.2 Å². The number of aromatic amines is 1. The molecule has 0 atom stereocenters. The van der Waals surface area contributed by atoms with Crippen LogP contribution in [0.3, 0.4) is 0 Å². The van der Waals surface area contributed by atoms with Crippen molar-refractivity contribution in [3.8, 4) is 0 Å². The molecule has 3 heteroatoms. The first kappa shape index (κ1) is 9.85. The first-order valence-corrected chi connectivity index (χ1v) is 6.06. The van der Waals surface area contributed by atoms with E-state index in [9.17, 15) is 0 Å². The first-order valence-electron chi connectivity index (χ1n) is 6.06. The van der Waals surface area contributed by atoms with Gasteiger partial charge in [-0.25, -0.2) is 0 Å². The molecule has 3 nitrogen and oxygen atoms in total. The fraction of sp³-hybridized carbons (Fsp3) is 0.462. The Morgan fingerprint density at radius 3 is 2.94 bits per heavy atom. The summed E-state index contributed by atoms with van der Waals surface area (Å²) in [6.07, 6.45) is 5.98. The van der Waals surface area contributed by atoms with Gasteiger partial charge < -0.3 is 0 Å². The minimum atomic E-state index is 1.08. The van der Waals surface area contributed by atoms with Gasteiger partial charge in [0.25, 0.3) is 0 Å². The lowest BCUT2D eigenvalue weighted by molar-refractivity contribution is 0.221. The third-order valence-electron chi connectivity index (χ3n) is 3.36. The summed E-state index contributed by atoms with van der Waals surface area (Å²) in [6.45, 7) is 3.58. The third-order valence-corrected chi connectivity index (χ3v) is 3.36. The molecule has 84 valence electrons. The third kappa shape index (κ3) is 1.95. The average molecular weight is 215 g/mol. The Hall–Kier alpha value is -1.35. The Kier molecular flexibility index (Phi) is 2.62. The van der Waals surface area contributed by atoms with Crippen LogP contribution >= 0.6 is 0 Å². The lowest BCUT2D eigenvalue weighted by atomic mass is 10.1. The number of nitrogens with zero attached hydrogens (tertiary/aromatic N) is 2. The van der Waals surface area contributed by atoms with Crippen molar-refractivity contribution in [3.63, 3.8) is 0 Å². The molecule has 0 unspecified atom stereocenters. The molecular formula is C13H17N3. The Morgan fingerprint density at radius 2 is 2.06 bits per heavy atom. The second kappa shape index (κ2) is 4.26. The highest BCUT2D eigenvalue weighted by molar-refractivity contribution is 5.78. The molecule has 0 spiro atoms. The SMILES string of the molecule is c1cc2cn[nH]c2cc1CN1CCCCC1. The number of aromatic nitrogens is 2. The van der Waals surface area contributed by atoms with Gasteiger partial charge >= 0.3 is 0 Å². The monoisotopic (exact) mass is 215 g/mol. The predicted octanol–water partition coefficient (Wildman–Crippen LogP) is 2.55. The zero-order valence-electron chi connectivity index (χ0n) is 9.45. The Morgan fingerprint density at radius 1 is 1.19 bits per heavy atom. The van der Waals surface area contributed by atoms with Crippen molar-refractivity contribution in [1.82, 2.24) is 15.1 Å². The maximum Gasteiger partial charge on any atom is 0.0653 e. The Labute approximate surface area is 95.5 Å². The second-order valence-electron chi connectivity index (χ2n) is 4.63. The van der Waals surface area contributed by atoms with Crippen molar-refractivity contribution < 1.29 is 0 Å². The van der Waals surface area contributed by atoms with Crippen molar-refractivity contribution in [1.29, 1.82) is 0 Å². The summed E-state index contributed by atoms with van der Waals surface area (Å²) in [5.41, 5.74) is 2.54. The molecule has 1 aliphatic rings. The molecule has 0 aliphatic carbocycles.